The van der Waals surface area contributed by atoms with E-state index >= 15 is 0 Å². The first-order valence-electron chi connectivity index (χ1n) is 4.39. The number of rotatable bonds is 3. The van der Waals surface area contributed by atoms with Gasteiger partial charge in [0.25, 0.3) is 0 Å². The van der Waals surface area contributed by atoms with Gasteiger partial charge in [-0.3, -0.25) is 0 Å². The van der Waals surface area contributed by atoms with Gasteiger partial charge in [-0.05, 0) is 0 Å². The molecule has 0 aliphatic rings. The van der Waals surface area contributed by atoms with Gasteiger partial charge in [-0.1, -0.05) is 0 Å². The van der Waals surface area contributed by atoms with Crippen molar-refractivity contribution in [3.63, 3.8) is 0 Å². The van der Waals surface area contributed by atoms with Gasteiger partial charge in [0.15, 0.2) is 0 Å². The molecule has 0 aromatic heterocycles. The van der Waals surface area contributed by atoms with E-state index in [9.17, 15) is 0 Å². The zero-order valence-corrected chi connectivity index (χ0v) is 12.0. The zero-order valence-electron chi connectivity index (χ0n) is 8.37. The molecule has 71 valence electrons. The summed E-state index contributed by atoms with van der Waals surface area (Å²) in [6, 6.07) is 8.81. The predicted molar refractivity (Wildman–Crippen MR) is 63.8 cm³/mol. The van der Waals surface area contributed by atoms with E-state index in [1.165, 1.54) is 5.56 Å². The van der Waals surface area contributed by atoms with Crippen molar-refractivity contribution in [2.45, 2.75) is 17.9 Å². The summed E-state index contributed by atoms with van der Waals surface area (Å²) in [4.78, 5) is 2.41. The summed E-state index contributed by atoms with van der Waals surface area (Å²) in [5.41, 5.74) is 7.28. The molecule has 1 aromatic rings. The fourth-order valence-electron chi connectivity index (χ4n) is 1.32. The average Bonchev–Trinajstić information content (AvgIpc) is 2.16. The maximum absolute atomic E-state index is 5.93. The monoisotopic (exact) mass is 302 g/mol. The van der Waals surface area contributed by atoms with Gasteiger partial charge in [0.05, 0.1) is 0 Å². The van der Waals surface area contributed by atoms with E-state index < -0.39 is 18.4 Å². The second-order valence-corrected chi connectivity index (χ2v) is 15.9. The van der Waals surface area contributed by atoms with Gasteiger partial charge < -0.3 is 0 Å². The molecule has 1 nitrogen and oxygen atoms in total. The Morgan fingerprint density at radius 2 is 2.00 bits per heavy atom. The fourth-order valence-corrected chi connectivity index (χ4v) is 7.67. The van der Waals surface area contributed by atoms with Crippen LogP contribution in [0.25, 0.3) is 0 Å². The molecule has 13 heavy (non-hydrogen) atoms. The van der Waals surface area contributed by atoms with Gasteiger partial charge in [0, 0.05) is 0 Å². The first-order valence-corrected chi connectivity index (χ1v) is 13.4. The van der Waals surface area contributed by atoms with E-state index in [-0.39, 0.29) is 6.04 Å². The summed E-state index contributed by atoms with van der Waals surface area (Å²) in [6.45, 7) is 2.07. The number of hydrogen-bond acceptors (Lipinski definition) is 2. The van der Waals surface area contributed by atoms with Crippen molar-refractivity contribution in [1.29, 1.82) is 0 Å². The van der Waals surface area contributed by atoms with E-state index in [1.807, 2.05) is 0 Å². The molecule has 2 N–H and O–H groups in total. The molecule has 0 aliphatic carbocycles. The predicted octanol–water partition coefficient (Wildman–Crippen LogP) is 1.90. The van der Waals surface area contributed by atoms with Crippen LogP contribution in [-0.2, 0) is 0 Å². The standard InChI is InChI=1S/C8H10N.CH4S.CH3.Sn/c1-7(9)8-5-3-2-4-6-8;1-2;;/h2-5,7H,9H2,1H3;2H,1H3;1H3;/q;;;+1/p-1. The van der Waals surface area contributed by atoms with E-state index in [0.29, 0.717) is 0 Å². The molecule has 0 fully saturated rings. The Hall–Kier alpha value is 0.329. The maximum atomic E-state index is 5.93. The summed E-state index contributed by atoms with van der Waals surface area (Å²) in [5, 5.41) is 0. The molecule has 1 aromatic carbocycles. The second-order valence-electron chi connectivity index (χ2n) is 3.14. The van der Waals surface area contributed by atoms with Crippen molar-refractivity contribution >= 4 is 30.9 Å². The molecule has 1 radical (unpaired) electrons. The molecular weight excluding hydrogens is 285 g/mol. The van der Waals surface area contributed by atoms with Gasteiger partial charge in [0.1, 0.15) is 0 Å². The molecule has 0 saturated carbocycles. The molecule has 0 bridgehead atoms. The van der Waals surface area contributed by atoms with Gasteiger partial charge in [0.2, 0.25) is 0 Å². The van der Waals surface area contributed by atoms with Gasteiger partial charge in [-0.2, -0.15) is 0 Å². The van der Waals surface area contributed by atoms with E-state index in [0.717, 1.165) is 0 Å². The van der Waals surface area contributed by atoms with Gasteiger partial charge >= 0.3 is 90.6 Å². The molecule has 1 atom stereocenters. The second kappa shape index (κ2) is 5.27. The van der Waals surface area contributed by atoms with Crippen LogP contribution in [0.15, 0.2) is 24.3 Å². The van der Waals surface area contributed by atoms with Crippen molar-refractivity contribution in [2.75, 3.05) is 6.26 Å². The van der Waals surface area contributed by atoms with Crippen molar-refractivity contribution in [3.05, 3.63) is 29.8 Å². The summed E-state index contributed by atoms with van der Waals surface area (Å²) < 4.78 is 1.56. The van der Waals surface area contributed by atoms with Crippen LogP contribution in [0.2, 0.25) is 4.94 Å². The van der Waals surface area contributed by atoms with Crippen LogP contribution in [0.3, 0.4) is 0 Å². The van der Waals surface area contributed by atoms with Crippen molar-refractivity contribution in [2.24, 2.45) is 5.73 Å². The topological polar surface area (TPSA) is 26.0 Å². The molecule has 0 aliphatic heterocycles. The molecular formula is C10H16NSSn. The quantitative estimate of drug-likeness (QED) is 0.863. The van der Waals surface area contributed by atoms with Crippen LogP contribution in [0.4, 0.5) is 0 Å². The first-order chi connectivity index (χ1) is 6.16. The average molecular weight is 301 g/mol. The third-order valence-corrected chi connectivity index (χ3v) is 12.9. The Bertz CT molecular complexity index is 275. The fraction of sp³-hybridized carbons (Fsp3) is 0.400. The van der Waals surface area contributed by atoms with Crippen molar-refractivity contribution in [3.8, 4) is 0 Å². The normalized spacial score (nSPS) is 13.3. The SMILES string of the molecule is C[S][Sn]([CH3])[c]1ccccc1C(C)N. The summed E-state index contributed by atoms with van der Waals surface area (Å²) in [6.07, 6.45) is 2.22. The van der Waals surface area contributed by atoms with Crippen LogP contribution < -0.4 is 9.31 Å². The molecule has 3 heteroatoms. The Balaban J connectivity index is 3.04. The Morgan fingerprint density at radius 1 is 1.38 bits per heavy atom. The summed E-state index contributed by atoms with van der Waals surface area (Å²) in [5.74, 6) is 0. The molecule has 0 saturated heterocycles. The third kappa shape index (κ3) is 2.89. The van der Waals surface area contributed by atoms with Crippen LogP contribution in [0, 0.1) is 0 Å². The third-order valence-electron chi connectivity index (χ3n) is 2.14. The Kier molecular flexibility index (Phi) is 4.62. The van der Waals surface area contributed by atoms with Crippen LogP contribution in [0.5, 0.6) is 0 Å². The number of nitrogens with two attached hydrogens (primary N) is 1. The number of hydrogen-bond donors (Lipinski definition) is 1. The van der Waals surface area contributed by atoms with E-state index in [4.69, 9.17) is 5.73 Å². The minimum absolute atomic E-state index is 0.180. The molecule has 0 heterocycles. The summed E-state index contributed by atoms with van der Waals surface area (Å²) >= 11 is -1.35. The van der Waals surface area contributed by atoms with Crippen molar-refractivity contribution in [1.82, 2.24) is 0 Å². The number of benzene rings is 1. The van der Waals surface area contributed by atoms with E-state index in [1.54, 1.807) is 3.58 Å². The van der Waals surface area contributed by atoms with Crippen LogP contribution in [-0.4, -0.2) is 24.6 Å². The molecule has 1 rings (SSSR count). The Morgan fingerprint density at radius 3 is 2.54 bits per heavy atom. The Labute approximate surface area is 90.3 Å². The van der Waals surface area contributed by atoms with E-state index in [2.05, 4.69) is 51.3 Å². The van der Waals surface area contributed by atoms with Crippen molar-refractivity contribution < 1.29 is 0 Å². The molecule has 1 unspecified atom stereocenters. The molecule has 0 spiro atoms. The summed E-state index contributed by atoms with van der Waals surface area (Å²) in [7, 11) is 2.05. The van der Waals surface area contributed by atoms with Crippen LogP contribution >= 0.6 is 8.95 Å². The first kappa shape index (κ1) is 11.4. The minimum atomic E-state index is -1.35. The molecule has 0 amide bonds. The van der Waals surface area contributed by atoms with Crippen LogP contribution in [0.1, 0.15) is 18.5 Å². The zero-order chi connectivity index (χ0) is 9.84. The van der Waals surface area contributed by atoms with Gasteiger partial charge in [-0.15, -0.1) is 0 Å². The van der Waals surface area contributed by atoms with Gasteiger partial charge in [-0.25, -0.2) is 0 Å².